The minimum absolute atomic E-state index is 0.103. The Morgan fingerprint density at radius 2 is 1.41 bits per heavy atom. The molecule has 1 aliphatic heterocycles. The monoisotopic (exact) mass is 404 g/mol. The molecule has 0 radical (unpaired) electrons. The van der Waals surface area contributed by atoms with Crippen molar-refractivity contribution in [1.29, 1.82) is 0 Å². The molecule has 2 aromatic carbocycles. The Balaban J connectivity index is 1.53. The number of carbonyl (C=O) groups excluding carboxylic acids is 1. The minimum Gasteiger partial charge on any atom is -0.459 e. The van der Waals surface area contributed by atoms with Crippen molar-refractivity contribution in [2.24, 2.45) is 0 Å². The Morgan fingerprint density at radius 1 is 0.793 bits per heavy atom. The molecular weight excluding hydrogens is 376 g/mol. The Bertz CT molecular complexity index is 728. The van der Waals surface area contributed by atoms with Gasteiger partial charge in [-0.25, -0.2) is 4.79 Å². The van der Waals surface area contributed by atoms with Crippen molar-refractivity contribution in [3.63, 3.8) is 0 Å². The van der Waals surface area contributed by atoms with Gasteiger partial charge in [0, 0.05) is 0 Å². The highest BCUT2D eigenvalue weighted by atomic mass is 16.6. The standard InChI is InChI=1S/C22H28O7/c23-22(21-7-3-5-18-4-1-2-6-20(18)21)29-17-19-16-27-13-12-25-9-8-24-10-11-26-14-15-28-19/h1-7,19H,8-17H2. The third-order valence-electron chi connectivity index (χ3n) is 4.41. The van der Waals surface area contributed by atoms with Crippen LogP contribution in [-0.2, 0) is 28.4 Å². The topological polar surface area (TPSA) is 72.5 Å². The first-order chi connectivity index (χ1) is 14.3. The van der Waals surface area contributed by atoms with Gasteiger partial charge >= 0.3 is 5.97 Å². The van der Waals surface area contributed by atoms with Crippen LogP contribution in [0.15, 0.2) is 42.5 Å². The summed E-state index contributed by atoms with van der Waals surface area (Å²) in [5.41, 5.74) is 0.540. The molecule has 1 heterocycles. The Kier molecular flexibility index (Phi) is 9.35. The molecular formula is C22H28O7. The molecule has 1 saturated heterocycles. The van der Waals surface area contributed by atoms with E-state index >= 15 is 0 Å². The molecule has 0 bridgehead atoms. The SMILES string of the molecule is O=C(OCC1COCCOCCOCCOCCO1)c1cccc2ccccc12. The summed E-state index contributed by atoms with van der Waals surface area (Å²) in [7, 11) is 0. The molecule has 1 fully saturated rings. The predicted octanol–water partition coefficient (Wildman–Crippen LogP) is 2.46. The zero-order valence-electron chi connectivity index (χ0n) is 16.5. The summed E-state index contributed by atoms with van der Waals surface area (Å²) in [6, 6.07) is 13.3. The van der Waals surface area contributed by atoms with Gasteiger partial charge in [-0.3, -0.25) is 0 Å². The number of esters is 1. The van der Waals surface area contributed by atoms with Gasteiger partial charge in [-0.1, -0.05) is 36.4 Å². The first-order valence-electron chi connectivity index (χ1n) is 9.92. The van der Waals surface area contributed by atoms with Crippen LogP contribution in [0.5, 0.6) is 0 Å². The quantitative estimate of drug-likeness (QED) is 0.728. The van der Waals surface area contributed by atoms with Gasteiger partial charge in [0.25, 0.3) is 0 Å². The third-order valence-corrected chi connectivity index (χ3v) is 4.41. The predicted molar refractivity (Wildman–Crippen MR) is 107 cm³/mol. The van der Waals surface area contributed by atoms with Crippen molar-refractivity contribution >= 4 is 16.7 Å². The van der Waals surface area contributed by atoms with Crippen molar-refractivity contribution in [1.82, 2.24) is 0 Å². The summed E-state index contributed by atoms with van der Waals surface area (Å²) < 4.78 is 33.2. The van der Waals surface area contributed by atoms with Gasteiger partial charge < -0.3 is 28.4 Å². The van der Waals surface area contributed by atoms with Crippen molar-refractivity contribution in [2.75, 3.05) is 66.1 Å². The second-order valence-corrected chi connectivity index (χ2v) is 6.53. The fourth-order valence-electron chi connectivity index (χ4n) is 2.94. The summed E-state index contributed by atoms with van der Waals surface area (Å²) in [4.78, 5) is 12.6. The molecule has 29 heavy (non-hydrogen) atoms. The number of ether oxygens (including phenoxy) is 6. The summed E-state index contributed by atoms with van der Waals surface area (Å²) in [5.74, 6) is -0.377. The molecule has 7 heteroatoms. The fraction of sp³-hybridized carbons (Fsp3) is 0.500. The molecule has 0 spiro atoms. The average Bonchev–Trinajstić information content (AvgIpc) is 2.77. The van der Waals surface area contributed by atoms with Crippen LogP contribution in [0.3, 0.4) is 0 Å². The highest BCUT2D eigenvalue weighted by Gasteiger charge is 2.16. The Labute approximate surface area is 170 Å². The van der Waals surface area contributed by atoms with Crippen molar-refractivity contribution < 1.29 is 33.2 Å². The molecule has 1 unspecified atom stereocenters. The fourth-order valence-corrected chi connectivity index (χ4v) is 2.94. The van der Waals surface area contributed by atoms with Crippen molar-refractivity contribution in [3.05, 3.63) is 48.0 Å². The highest BCUT2D eigenvalue weighted by molar-refractivity contribution is 6.04. The zero-order chi connectivity index (χ0) is 20.2. The van der Waals surface area contributed by atoms with Crippen LogP contribution in [0.1, 0.15) is 10.4 Å². The summed E-state index contributed by atoms with van der Waals surface area (Å²) in [5, 5.41) is 1.86. The number of hydrogen-bond donors (Lipinski definition) is 0. The van der Waals surface area contributed by atoms with Gasteiger partial charge in [-0.2, -0.15) is 0 Å². The zero-order valence-corrected chi connectivity index (χ0v) is 16.5. The average molecular weight is 404 g/mol. The van der Waals surface area contributed by atoms with Crippen LogP contribution in [0.2, 0.25) is 0 Å². The molecule has 3 rings (SSSR count). The van der Waals surface area contributed by atoms with E-state index in [0.717, 1.165) is 10.8 Å². The van der Waals surface area contributed by atoms with Crippen molar-refractivity contribution in [3.8, 4) is 0 Å². The van der Waals surface area contributed by atoms with Crippen LogP contribution in [0.25, 0.3) is 10.8 Å². The minimum atomic E-state index is -0.377. The van der Waals surface area contributed by atoms with Gasteiger partial charge in [0.1, 0.15) is 12.7 Å². The lowest BCUT2D eigenvalue weighted by molar-refractivity contribution is -0.0689. The molecule has 0 amide bonds. The van der Waals surface area contributed by atoms with Crippen LogP contribution in [-0.4, -0.2) is 78.1 Å². The number of carbonyl (C=O) groups is 1. The molecule has 7 nitrogen and oxygen atoms in total. The largest absolute Gasteiger partial charge is 0.459 e. The highest BCUT2D eigenvalue weighted by Crippen LogP contribution is 2.19. The first kappa shape index (κ1) is 21.7. The summed E-state index contributed by atoms with van der Waals surface area (Å²) >= 11 is 0. The maximum Gasteiger partial charge on any atom is 0.338 e. The van der Waals surface area contributed by atoms with E-state index in [4.69, 9.17) is 28.4 Å². The third kappa shape index (κ3) is 7.38. The van der Waals surface area contributed by atoms with Gasteiger partial charge in [-0.05, 0) is 16.8 Å². The smallest absolute Gasteiger partial charge is 0.338 e. The molecule has 0 saturated carbocycles. The van der Waals surface area contributed by atoms with Gasteiger partial charge in [0.05, 0.1) is 65.0 Å². The van der Waals surface area contributed by atoms with Gasteiger partial charge in [0.2, 0.25) is 0 Å². The summed E-state index contributed by atoms with van der Waals surface area (Å²) in [6.07, 6.45) is -0.376. The van der Waals surface area contributed by atoms with E-state index < -0.39 is 0 Å². The first-order valence-corrected chi connectivity index (χ1v) is 9.92. The number of benzene rings is 2. The van der Waals surface area contributed by atoms with Gasteiger partial charge in [-0.15, -0.1) is 0 Å². The molecule has 1 aliphatic rings. The maximum atomic E-state index is 12.6. The van der Waals surface area contributed by atoms with E-state index in [1.807, 2.05) is 36.4 Å². The molecule has 158 valence electrons. The molecule has 0 aliphatic carbocycles. The lowest BCUT2D eigenvalue weighted by atomic mass is 10.1. The maximum absolute atomic E-state index is 12.6. The van der Waals surface area contributed by atoms with Crippen LogP contribution < -0.4 is 0 Å². The van der Waals surface area contributed by atoms with E-state index in [-0.39, 0.29) is 18.7 Å². The molecule has 1 atom stereocenters. The normalized spacial score (nSPS) is 20.5. The van der Waals surface area contributed by atoms with Crippen LogP contribution in [0, 0.1) is 0 Å². The lowest BCUT2D eigenvalue weighted by Crippen LogP contribution is -2.29. The van der Waals surface area contributed by atoms with E-state index in [1.54, 1.807) is 6.07 Å². The second kappa shape index (κ2) is 12.5. The second-order valence-electron chi connectivity index (χ2n) is 6.53. The van der Waals surface area contributed by atoms with E-state index in [2.05, 4.69) is 0 Å². The van der Waals surface area contributed by atoms with E-state index in [9.17, 15) is 4.79 Å². The van der Waals surface area contributed by atoms with Gasteiger partial charge in [0.15, 0.2) is 0 Å². The number of fused-ring (bicyclic) bond motifs is 1. The number of hydrogen-bond acceptors (Lipinski definition) is 7. The van der Waals surface area contributed by atoms with Crippen LogP contribution in [0.4, 0.5) is 0 Å². The van der Waals surface area contributed by atoms with Crippen molar-refractivity contribution in [2.45, 2.75) is 6.10 Å². The molecule has 2 aromatic rings. The number of rotatable bonds is 3. The van der Waals surface area contributed by atoms with E-state index in [0.29, 0.717) is 65.0 Å². The molecule has 0 aromatic heterocycles. The van der Waals surface area contributed by atoms with Crippen LogP contribution >= 0.6 is 0 Å². The Morgan fingerprint density at radius 3 is 2.17 bits per heavy atom. The lowest BCUT2D eigenvalue weighted by Gasteiger charge is -2.18. The van der Waals surface area contributed by atoms with E-state index in [1.165, 1.54) is 0 Å². The summed E-state index contributed by atoms with van der Waals surface area (Å²) in [6.45, 7) is 4.22. The Hall–Kier alpha value is -2.03. The molecule has 0 N–H and O–H groups in total.